The van der Waals surface area contributed by atoms with Gasteiger partial charge in [0, 0.05) is 10.0 Å². The summed E-state index contributed by atoms with van der Waals surface area (Å²) < 4.78 is 14.3. The van der Waals surface area contributed by atoms with Crippen LogP contribution in [0.1, 0.15) is 12.5 Å². The van der Waals surface area contributed by atoms with Crippen molar-refractivity contribution in [2.45, 2.75) is 18.6 Å². The van der Waals surface area contributed by atoms with Gasteiger partial charge in [0.15, 0.2) is 6.17 Å². The molecule has 3 atom stereocenters. The van der Waals surface area contributed by atoms with Crippen molar-refractivity contribution >= 4 is 15.9 Å². The molecule has 1 aromatic carbocycles. The Labute approximate surface area is 90.9 Å². The standard InChI is InChI=1S/C11H9BrFN/c1-7-10(13)11(7,14-2)8-4-3-5-9(12)6-8/h3-7,10H,1H3. The quantitative estimate of drug-likeness (QED) is 0.675. The largest absolute Gasteiger partial charge is 0.301 e. The van der Waals surface area contributed by atoms with Crippen molar-refractivity contribution in [3.05, 3.63) is 45.7 Å². The van der Waals surface area contributed by atoms with Gasteiger partial charge in [0.25, 0.3) is 5.54 Å². The van der Waals surface area contributed by atoms with E-state index in [1.54, 1.807) is 6.92 Å². The third-order valence-corrected chi connectivity index (χ3v) is 3.41. The molecule has 0 radical (unpaired) electrons. The van der Waals surface area contributed by atoms with Crippen molar-refractivity contribution < 1.29 is 4.39 Å². The number of halogens is 2. The highest BCUT2D eigenvalue weighted by Crippen LogP contribution is 2.57. The molecule has 1 aliphatic rings. The number of rotatable bonds is 1. The topological polar surface area (TPSA) is 4.36 Å². The molecule has 1 saturated carbocycles. The second kappa shape index (κ2) is 3.06. The average molecular weight is 254 g/mol. The van der Waals surface area contributed by atoms with Gasteiger partial charge in [-0.25, -0.2) is 11.0 Å². The van der Waals surface area contributed by atoms with Crippen LogP contribution >= 0.6 is 15.9 Å². The Kier molecular flexibility index (Phi) is 2.11. The fourth-order valence-corrected chi connectivity index (χ4v) is 2.28. The summed E-state index contributed by atoms with van der Waals surface area (Å²) in [6.07, 6.45) is -1.02. The SMILES string of the molecule is [C-]#[N+]C1(c2cccc(Br)c2)C(C)C1F. The Bertz CT molecular complexity index is 402. The molecular formula is C11H9BrFN. The Morgan fingerprint density at radius 2 is 2.21 bits per heavy atom. The summed E-state index contributed by atoms with van der Waals surface area (Å²) in [7, 11) is 0. The van der Waals surface area contributed by atoms with E-state index in [-0.39, 0.29) is 5.92 Å². The first-order chi connectivity index (χ1) is 6.63. The maximum atomic E-state index is 13.4. The van der Waals surface area contributed by atoms with Crippen LogP contribution < -0.4 is 0 Å². The first-order valence-corrected chi connectivity index (χ1v) is 5.21. The van der Waals surface area contributed by atoms with Gasteiger partial charge in [-0.3, -0.25) is 0 Å². The molecule has 0 aliphatic heterocycles. The first kappa shape index (κ1) is 9.67. The fourth-order valence-electron chi connectivity index (χ4n) is 1.88. The van der Waals surface area contributed by atoms with Crippen LogP contribution in [-0.2, 0) is 5.54 Å². The van der Waals surface area contributed by atoms with Crippen LogP contribution in [0, 0.1) is 12.5 Å². The minimum atomic E-state index is -1.02. The maximum absolute atomic E-state index is 13.4. The van der Waals surface area contributed by atoms with E-state index in [9.17, 15) is 4.39 Å². The minimum absolute atomic E-state index is 0.186. The number of hydrogen-bond acceptors (Lipinski definition) is 0. The molecule has 0 bridgehead atoms. The van der Waals surface area contributed by atoms with Gasteiger partial charge < -0.3 is 4.85 Å². The van der Waals surface area contributed by atoms with Gasteiger partial charge in [0.1, 0.15) is 0 Å². The van der Waals surface area contributed by atoms with Crippen LogP contribution in [0.5, 0.6) is 0 Å². The summed E-state index contributed by atoms with van der Waals surface area (Å²) >= 11 is 3.33. The highest BCUT2D eigenvalue weighted by Gasteiger charge is 2.73. The number of alkyl halides is 1. The Hall–Kier alpha value is -0.880. The second-order valence-corrected chi connectivity index (χ2v) is 4.55. The Balaban J connectivity index is 2.46. The highest BCUT2D eigenvalue weighted by molar-refractivity contribution is 9.10. The Morgan fingerprint density at radius 1 is 1.57 bits per heavy atom. The molecule has 1 fully saturated rings. The lowest BCUT2D eigenvalue weighted by atomic mass is 10.0. The highest BCUT2D eigenvalue weighted by atomic mass is 79.9. The molecular weight excluding hydrogens is 245 g/mol. The van der Waals surface area contributed by atoms with E-state index < -0.39 is 11.7 Å². The van der Waals surface area contributed by atoms with Crippen molar-refractivity contribution in [3.8, 4) is 0 Å². The lowest BCUT2D eigenvalue weighted by Crippen LogP contribution is -2.05. The van der Waals surface area contributed by atoms with Crippen molar-refractivity contribution in [2.75, 3.05) is 0 Å². The molecule has 1 aromatic rings. The summed E-state index contributed by atoms with van der Waals surface area (Å²) in [4.78, 5) is 3.46. The van der Waals surface area contributed by atoms with E-state index in [0.717, 1.165) is 10.0 Å². The molecule has 0 saturated heterocycles. The van der Waals surface area contributed by atoms with Crippen LogP contribution in [0.4, 0.5) is 4.39 Å². The van der Waals surface area contributed by atoms with Gasteiger partial charge in [-0.2, -0.15) is 0 Å². The first-order valence-electron chi connectivity index (χ1n) is 4.41. The molecule has 0 N–H and O–H groups in total. The van der Waals surface area contributed by atoms with Crippen molar-refractivity contribution in [1.29, 1.82) is 0 Å². The van der Waals surface area contributed by atoms with Gasteiger partial charge in [0.2, 0.25) is 0 Å². The van der Waals surface area contributed by atoms with E-state index in [0.29, 0.717) is 0 Å². The molecule has 0 amide bonds. The van der Waals surface area contributed by atoms with Gasteiger partial charge >= 0.3 is 0 Å². The number of hydrogen-bond donors (Lipinski definition) is 0. The Morgan fingerprint density at radius 3 is 2.64 bits per heavy atom. The monoisotopic (exact) mass is 253 g/mol. The lowest BCUT2D eigenvalue weighted by molar-refractivity contribution is 0.434. The van der Waals surface area contributed by atoms with Crippen LogP contribution in [0.15, 0.2) is 28.7 Å². The van der Waals surface area contributed by atoms with Crippen molar-refractivity contribution in [1.82, 2.24) is 0 Å². The van der Waals surface area contributed by atoms with Gasteiger partial charge in [-0.15, -0.1) is 0 Å². The number of benzene rings is 1. The van der Waals surface area contributed by atoms with Gasteiger partial charge in [0.05, 0.1) is 5.92 Å². The predicted octanol–water partition coefficient (Wildman–Crippen LogP) is 3.55. The predicted molar refractivity (Wildman–Crippen MR) is 56.5 cm³/mol. The van der Waals surface area contributed by atoms with Crippen LogP contribution in [0.25, 0.3) is 4.85 Å². The molecule has 14 heavy (non-hydrogen) atoms. The van der Waals surface area contributed by atoms with Crippen LogP contribution in [-0.4, -0.2) is 6.17 Å². The summed E-state index contributed by atoms with van der Waals surface area (Å²) in [5.41, 5.74) is -0.133. The molecule has 0 heterocycles. The molecule has 0 spiro atoms. The molecule has 72 valence electrons. The third kappa shape index (κ3) is 1.10. The molecule has 2 rings (SSSR count). The maximum Gasteiger partial charge on any atom is 0.294 e. The van der Waals surface area contributed by atoms with E-state index in [4.69, 9.17) is 6.57 Å². The summed E-state index contributed by atoms with van der Waals surface area (Å²) in [5.74, 6) is -0.186. The molecule has 0 aromatic heterocycles. The fraction of sp³-hybridized carbons (Fsp3) is 0.364. The van der Waals surface area contributed by atoms with Gasteiger partial charge in [-0.1, -0.05) is 35.0 Å². The molecule has 3 unspecified atom stereocenters. The van der Waals surface area contributed by atoms with E-state index >= 15 is 0 Å². The van der Waals surface area contributed by atoms with E-state index in [1.807, 2.05) is 24.3 Å². The smallest absolute Gasteiger partial charge is 0.294 e. The molecule has 3 heteroatoms. The van der Waals surface area contributed by atoms with E-state index in [1.165, 1.54) is 0 Å². The second-order valence-electron chi connectivity index (χ2n) is 3.64. The minimum Gasteiger partial charge on any atom is -0.301 e. The van der Waals surface area contributed by atoms with Crippen LogP contribution in [0.2, 0.25) is 0 Å². The van der Waals surface area contributed by atoms with E-state index in [2.05, 4.69) is 20.8 Å². The summed E-state index contributed by atoms with van der Waals surface area (Å²) in [6.45, 7) is 8.89. The zero-order valence-electron chi connectivity index (χ0n) is 7.67. The van der Waals surface area contributed by atoms with Crippen molar-refractivity contribution in [3.63, 3.8) is 0 Å². The zero-order chi connectivity index (χ0) is 10.3. The molecule has 1 aliphatic carbocycles. The average Bonchev–Trinajstić information content (AvgIpc) is 2.71. The third-order valence-electron chi connectivity index (χ3n) is 2.92. The summed E-state index contributed by atoms with van der Waals surface area (Å²) in [6, 6.07) is 7.36. The van der Waals surface area contributed by atoms with Crippen LogP contribution in [0.3, 0.4) is 0 Å². The van der Waals surface area contributed by atoms with Crippen molar-refractivity contribution in [2.24, 2.45) is 5.92 Å². The lowest BCUT2D eigenvalue weighted by Gasteiger charge is -2.03. The zero-order valence-corrected chi connectivity index (χ0v) is 9.25. The molecule has 1 nitrogen and oxygen atoms in total. The van der Waals surface area contributed by atoms with Gasteiger partial charge in [-0.05, 0) is 12.1 Å². The summed E-state index contributed by atoms with van der Waals surface area (Å²) in [5, 5.41) is 0. The number of nitrogens with zero attached hydrogens (tertiary/aromatic N) is 1. The normalized spacial score (nSPS) is 35.0.